The Bertz CT molecular complexity index is 474. The van der Waals surface area contributed by atoms with Crippen LogP contribution in [0.15, 0.2) is 10.2 Å². The van der Waals surface area contributed by atoms with Gasteiger partial charge in [-0.2, -0.15) is 20.8 Å². The van der Waals surface area contributed by atoms with Crippen molar-refractivity contribution in [1.29, 1.82) is 10.5 Å². The zero-order valence-corrected chi connectivity index (χ0v) is 13.3. The smallest absolute Gasteiger partial charge is 0.309 e. The molecule has 0 aliphatic rings. The van der Waals surface area contributed by atoms with Gasteiger partial charge in [0.05, 0.1) is 39.2 Å². The van der Waals surface area contributed by atoms with Gasteiger partial charge in [0.25, 0.3) is 0 Å². The Hall–Kier alpha value is -2.48. The van der Waals surface area contributed by atoms with E-state index in [0.29, 0.717) is 0 Å². The van der Waals surface area contributed by atoms with Crippen molar-refractivity contribution >= 4 is 11.9 Å². The molecule has 2 unspecified atom stereocenters. The van der Waals surface area contributed by atoms with Gasteiger partial charge < -0.3 is 9.47 Å². The molecule has 0 heterocycles. The minimum Gasteiger partial charge on any atom is -0.469 e. The van der Waals surface area contributed by atoms with Crippen molar-refractivity contribution in [2.75, 3.05) is 14.2 Å². The molecule has 0 rings (SSSR count). The monoisotopic (exact) mass is 308 g/mol. The zero-order chi connectivity index (χ0) is 17.2. The van der Waals surface area contributed by atoms with Crippen LogP contribution in [0.3, 0.4) is 0 Å². The molecule has 0 N–H and O–H groups in total. The maximum absolute atomic E-state index is 11.4. The van der Waals surface area contributed by atoms with Crippen molar-refractivity contribution in [3.8, 4) is 12.1 Å². The molecule has 0 aromatic carbocycles. The van der Waals surface area contributed by atoms with Gasteiger partial charge in [-0.1, -0.05) is 13.8 Å². The molecule has 8 nitrogen and oxygen atoms in total. The van der Waals surface area contributed by atoms with Gasteiger partial charge in [0, 0.05) is 0 Å². The molecule has 0 aromatic rings. The fourth-order valence-corrected chi connectivity index (χ4v) is 1.56. The molecule has 0 spiro atoms. The number of carbonyl (C=O) groups is 2. The molecule has 22 heavy (non-hydrogen) atoms. The Morgan fingerprint density at radius 2 is 1.23 bits per heavy atom. The normalized spacial score (nSPS) is 15.9. The van der Waals surface area contributed by atoms with Crippen LogP contribution in [0.1, 0.15) is 39.5 Å². The van der Waals surface area contributed by atoms with E-state index < -0.39 is 23.0 Å². The first-order valence-electron chi connectivity index (χ1n) is 6.76. The SMILES string of the molecule is CCC(C#N)(CC(=O)OC)N=NC(C#N)(CC)CC(=O)OC. The molecule has 0 amide bonds. The van der Waals surface area contributed by atoms with Crippen LogP contribution in [0.25, 0.3) is 0 Å². The highest BCUT2D eigenvalue weighted by Crippen LogP contribution is 2.27. The Kier molecular flexibility index (Phi) is 7.74. The lowest BCUT2D eigenvalue weighted by Crippen LogP contribution is -2.31. The Morgan fingerprint density at radius 3 is 1.41 bits per heavy atom. The lowest BCUT2D eigenvalue weighted by atomic mass is 9.93. The predicted molar refractivity (Wildman–Crippen MR) is 75.4 cm³/mol. The van der Waals surface area contributed by atoms with Crippen molar-refractivity contribution in [2.45, 2.75) is 50.6 Å². The minimum atomic E-state index is -1.42. The second kappa shape index (κ2) is 8.73. The quantitative estimate of drug-likeness (QED) is 0.498. The first-order chi connectivity index (χ1) is 10.4. The molecule has 0 saturated carbocycles. The summed E-state index contributed by atoms with van der Waals surface area (Å²) >= 11 is 0. The highest BCUT2D eigenvalue weighted by molar-refractivity contribution is 5.72. The van der Waals surface area contributed by atoms with Gasteiger partial charge in [0.1, 0.15) is 0 Å². The molecule has 0 aliphatic carbocycles. The fourth-order valence-electron chi connectivity index (χ4n) is 1.56. The molecule has 8 heteroatoms. The molecule has 0 radical (unpaired) electrons. The number of hydrogen-bond donors (Lipinski definition) is 0. The lowest BCUT2D eigenvalue weighted by Gasteiger charge is -2.22. The second-order valence-electron chi connectivity index (χ2n) is 4.70. The van der Waals surface area contributed by atoms with Gasteiger partial charge in [-0.15, -0.1) is 0 Å². The summed E-state index contributed by atoms with van der Waals surface area (Å²) in [4.78, 5) is 22.8. The number of azo groups is 1. The minimum absolute atomic E-state index is 0.214. The van der Waals surface area contributed by atoms with Gasteiger partial charge in [-0.05, 0) is 12.8 Å². The molecule has 0 saturated heterocycles. The van der Waals surface area contributed by atoms with Gasteiger partial charge in [-0.3, -0.25) is 9.59 Å². The number of esters is 2. The summed E-state index contributed by atoms with van der Waals surface area (Å²) in [7, 11) is 2.42. The highest BCUT2D eigenvalue weighted by Gasteiger charge is 2.36. The Morgan fingerprint density at radius 1 is 0.909 bits per heavy atom. The molecule has 0 fully saturated rings. The molecular weight excluding hydrogens is 288 g/mol. The van der Waals surface area contributed by atoms with E-state index in [9.17, 15) is 20.1 Å². The van der Waals surface area contributed by atoms with E-state index in [2.05, 4.69) is 19.7 Å². The van der Waals surface area contributed by atoms with E-state index in [4.69, 9.17) is 0 Å². The van der Waals surface area contributed by atoms with Gasteiger partial charge in [-0.25, -0.2) is 0 Å². The third kappa shape index (κ3) is 5.13. The maximum Gasteiger partial charge on any atom is 0.309 e. The van der Waals surface area contributed by atoms with E-state index in [-0.39, 0.29) is 25.7 Å². The van der Waals surface area contributed by atoms with Crippen LogP contribution < -0.4 is 0 Å². The summed E-state index contributed by atoms with van der Waals surface area (Å²) in [5.74, 6) is -1.20. The van der Waals surface area contributed by atoms with Crippen LogP contribution in [-0.2, 0) is 19.1 Å². The van der Waals surface area contributed by atoms with E-state index in [1.54, 1.807) is 13.8 Å². The lowest BCUT2D eigenvalue weighted by molar-refractivity contribution is -0.142. The van der Waals surface area contributed by atoms with Crippen molar-refractivity contribution < 1.29 is 19.1 Å². The van der Waals surface area contributed by atoms with Crippen LogP contribution in [0.4, 0.5) is 0 Å². The van der Waals surface area contributed by atoms with Gasteiger partial charge in [0.15, 0.2) is 11.1 Å². The van der Waals surface area contributed by atoms with E-state index in [1.807, 2.05) is 12.1 Å². The number of ether oxygens (including phenoxy) is 2. The first-order valence-corrected chi connectivity index (χ1v) is 6.76. The van der Waals surface area contributed by atoms with Crippen molar-refractivity contribution in [1.82, 2.24) is 0 Å². The zero-order valence-electron chi connectivity index (χ0n) is 13.3. The number of methoxy groups -OCH3 is 2. The standard InChI is InChI=1S/C14H20N4O4/c1-5-13(9-15,7-11(19)21-3)17-18-14(6-2,10-16)8-12(20)22-4/h5-8H2,1-4H3. The number of nitrogens with zero attached hydrogens (tertiary/aromatic N) is 4. The van der Waals surface area contributed by atoms with Crippen LogP contribution in [0.5, 0.6) is 0 Å². The van der Waals surface area contributed by atoms with E-state index in [1.165, 1.54) is 14.2 Å². The Labute approximate surface area is 129 Å². The predicted octanol–water partition coefficient (Wildman–Crippen LogP) is 1.91. The average Bonchev–Trinajstić information content (AvgIpc) is 2.56. The number of nitriles is 2. The van der Waals surface area contributed by atoms with Crippen LogP contribution in [0, 0.1) is 22.7 Å². The van der Waals surface area contributed by atoms with E-state index in [0.717, 1.165) is 0 Å². The second-order valence-corrected chi connectivity index (χ2v) is 4.70. The average molecular weight is 308 g/mol. The summed E-state index contributed by atoms with van der Waals surface area (Å²) in [6.07, 6.45) is -0.121. The summed E-state index contributed by atoms with van der Waals surface area (Å²) in [6.45, 7) is 3.34. The maximum atomic E-state index is 11.4. The first kappa shape index (κ1) is 19.5. The molecule has 0 aliphatic heterocycles. The molecule has 0 bridgehead atoms. The fraction of sp³-hybridized carbons (Fsp3) is 0.714. The summed E-state index contributed by atoms with van der Waals surface area (Å²) < 4.78 is 9.09. The highest BCUT2D eigenvalue weighted by atomic mass is 16.5. The molecular formula is C14H20N4O4. The van der Waals surface area contributed by atoms with Crippen molar-refractivity contribution in [3.05, 3.63) is 0 Å². The molecule has 0 aromatic heterocycles. The van der Waals surface area contributed by atoms with Crippen molar-refractivity contribution in [2.24, 2.45) is 10.2 Å². The van der Waals surface area contributed by atoms with Gasteiger partial charge >= 0.3 is 11.9 Å². The third-order valence-electron chi connectivity index (χ3n) is 3.35. The van der Waals surface area contributed by atoms with Crippen LogP contribution in [0.2, 0.25) is 0 Å². The number of carbonyl (C=O) groups excluding carboxylic acids is 2. The van der Waals surface area contributed by atoms with Gasteiger partial charge in [0.2, 0.25) is 0 Å². The Balaban J connectivity index is 5.51. The number of hydrogen-bond acceptors (Lipinski definition) is 8. The summed E-state index contributed by atoms with van der Waals surface area (Å²) in [6, 6.07) is 3.86. The van der Waals surface area contributed by atoms with E-state index >= 15 is 0 Å². The largest absolute Gasteiger partial charge is 0.469 e. The van der Waals surface area contributed by atoms with Crippen LogP contribution in [-0.4, -0.2) is 37.2 Å². The summed E-state index contributed by atoms with van der Waals surface area (Å²) in [5.41, 5.74) is -2.83. The third-order valence-corrected chi connectivity index (χ3v) is 3.35. The summed E-state index contributed by atoms with van der Waals surface area (Å²) in [5, 5.41) is 26.4. The molecule has 2 atom stereocenters. The topological polar surface area (TPSA) is 125 Å². The molecule has 120 valence electrons. The van der Waals surface area contributed by atoms with Crippen molar-refractivity contribution in [3.63, 3.8) is 0 Å². The van der Waals surface area contributed by atoms with Crippen LogP contribution >= 0.6 is 0 Å². The number of rotatable bonds is 8.